The van der Waals surface area contributed by atoms with Crippen LogP contribution < -0.4 is 10.5 Å². The number of amides is 2. The molecule has 1 atom stereocenters. The third-order valence-corrected chi connectivity index (χ3v) is 7.05. The molecule has 2 aliphatic rings. The smallest absolute Gasteiger partial charge is 0.233 e. The number of hydrogen-bond acceptors (Lipinski definition) is 3. The first-order valence-electron chi connectivity index (χ1n) is 11.4. The first-order chi connectivity index (χ1) is 15.4. The van der Waals surface area contributed by atoms with E-state index in [1.165, 1.54) is 12.1 Å². The van der Waals surface area contributed by atoms with Crippen molar-refractivity contribution < 1.29 is 18.7 Å². The second kappa shape index (κ2) is 9.31. The van der Waals surface area contributed by atoms with Crippen LogP contribution in [-0.2, 0) is 15.0 Å². The highest BCUT2D eigenvalue weighted by atomic mass is 19.1. The monoisotopic (exact) mass is 438 g/mol. The topological polar surface area (TPSA) is 72.6 Å². The van der Waals surface area contributed by atoms with Gasteiger partial charge < -0.3 is 15.4 Å². The maximum Gasteiger partial charge on any atom is 0.233 e. The number of benzene rings is 2. The van der Waals surface area contributed by atoms with Gasteiger partial charge in [0.05, 0.1) is 12.0 Å². The average molecular weight is 439 g/mol. The number of nitrogens with two attached hydrogens (primary N) is 1. The van der Waals surface area contributed by atoms with Crippen molar-refractivity contribution in [1.29, 1.82) is 0 Å². The Bertz CT molecular complexity index is 941. The zero-order chi connectivity index (χ0) is 22.6. The van der Waals surface area contributed by atoms with Gasteiger partial charge in [-0.1, -0.05) is 43.2 Å². The Kier molecular flexibility index (Phi) is 6.49. The molecule has 1 aliphatic carbocycles. The fourth-order valence-electron chi connectivity index (χ4n) is 5.49. The highest BCUT2D eigenvalue weighted by Crippen LogP contribution is 2.44. The van der Waals surface area contributed by atoms with Gasteiger partial charge in [0.2, 0.25) is 11.8 Å². The molecule has 2 aromatic rings. The van der Waals surface area contributed by atoms with Crippen molar-refractivity contribution in [2.75, 3.05) is 19.7 Å². The van der Waals surface area contributed by atoms with E-state index < -0.39 is 10.8 Å². The molecule has 1 saturated heterocycles. The second-order valence-electron chi connectivity index (χ2n) is 9.37. The van der Waals surface area contributed by atoms with Crippen LogP contribution in [0.3, 0.4) is 0 Å². The number of carbonyl (C=O) groups excluding carboxylic acids is 2. The largest absolute Gasteiger partial charge is 0.493 e. The molecule has 2 aromatic carbocycles. The molecule has 1 aliphatic heterocycles. The van der Waals surface area contributed by atoms with Crippen LogP contribution in [0.1, 0.15) is 50.5 Å². The Morgan fingerprint density at radius 1 is 0.969 bits per heavy atom. The summed E-state index contributed by atoms with van der Waals surface area (Å²) in [6.07, 6.45) is 5.20. The summed E-state index contributed by atoms with van der Waals surface area (Å²) < 4.78 is 19.6. The predicted octanol–water partition coefficient (Wildman–Crippen LogP) is 4.20. The molecule has 0 aromatic heterocycles. The van der Waals surface area contributed by atoms with Gasteiger partial charge in [-0.05, 0) is 55.5 Å². The lowest BCUT2D eigenvalue weighted by atomic mass is 9.74. The van der Waals surface area contributed by atoms with E-state index in [0.29, 0.717) is 19.7 Å². The Labute approximate surface area is 188 Å². The molecule has 6 heteroatoms. The first kappa shape index (κ1) is 22.3. The van der Waals surface area contributed by atoms with Crippen LogP contribution in [0.4, 0.5) is 4.39 Å². The third-order valence-electron chi connectivity index (χ3n) is 7.05. The van der Waals surface area contributed by atoms with Crippen molar-refractivity contribution in [3.8, 4) is 5.75 Å². The molecule has 2 N–H and O–H groups in total. The number of carbonyl (C=O) groups is 2. The zero-order valence-corrected chi connectivity index (χ0v) is 18.4. The lowest BCUT2D eigenvalue weighted by Crippen LogP contribution is -2.54. The summed E-state index contributed by atoms with van der Waals surface area (Å²) >= 11 is 0. The van der Waals surface area contributed by atoms with Gasteiger partial charge in [0.15, 0.2) is 0 Å². The Hall–Kier alpha value is -2.89. The zero-order valence-electron chi connectivity index (χ0n) is 18.4. The fraction of sp³-hybridized carbons (Fsp3) is 0.462. The standard InChI is InChI=1S/C26H31FN2O3/c27-21-11-9-20(10-12-21)26(14-4-5-15-26)24(31)29-16-6-13-25(18-29,17-23(28)30)19-32-22-7-2-1-3-8-22/h1-3,7-12H,4-6,13-19H2,(H2,28,30)/t25-/m1/s1. The number of nitrogens with zero attached hydrogens (tertiary/aromatic N) is 1. The van der Waals surface area contributed by atoms with Crippen molar-refractivity contribution in [2.45, 2.75) is 50.4 Å². The van der Waals surface area contributed by atoms with Crippen LogP contribution in [0.15, 0.2) is 54.6 Å². The van der Waals surface area contributed by atoms with E-state index in [0.717, 1.165) is 49.8 Å². The number of rotatable bonds is 7. The summed E-state index contributed by atoms with van der Waals surface area (Å²) in [5, 5.41) is 0. The second-order valence-corrected chi connectivity index (χ2v) is 9.37. The van der Waals surface area contributed by atoms with Crippen LogP contribution in [0.25, 0.3) is 0 Å². The van der Waals surface area contributed by atoms with Crippen molar-refractivity contribution in [3.05, 3.63) is 66.0 Å². The summed E-state index contributed by atoms with van der Waals surface area (Å²) in [5.41, 5.74) is 5.36. The molecule has 2 fully saturated rings. The van der Waals surface area contributed by atoms with Gasteiger partial charge in [-0.3, -0.25) is 9.59 Å². The van der Waals surface area contributed by atoms with Crippen molar-refractivity contribution in [1.82, 2.24) is 4.90 Å². The van der Waals surface area contributed by atoms with E-state index in [1.807, 2.05) is 35.2 Å². The molecule has 1 saturated carbocycles. The van der Waals surface area contributed by atoms with Gasteiger partial charge >= 0.3 is 0 Å². The Morgan fingerprint density at radius 2 is 1.66 bits per heavy atom. The summed E-state index contributed by atoms with van der Waals surface area (Å²) in [6, 6.07) is 15.9. The van der Waals surface area contributed by atoms with Gasteiger partial charge in [-0.2, -0.15) is 0 Å². The third kappa shape index (κ3) is 4.64. The number of piperidine rings is 1. The van der Waals surface area contributed by atoms with Gasteiger partial charge in [0.1, 0.15) is 11.6 Å². The van der Waals surface area contributed by atoms with E-state index in [-0.39, 0.29) is 24.1 Å². The minimum Gasteiger partial charge on any atom is -0.493 e. The Balaban J connectivity index is 1.57. The highest BCUT2D eigenvalue weighted by molar-refractivity contribution is 5.89. The summed E-state index contributed by atoms with van der Waals surface area (Å²) in [5.74, 6) is 0.129. The van der Waals surface area contributed by atoms with Gasteiger partial charge in [0, 0.05) is 24.9 Å². The minimum absolute atomic E-state index is 0.0786. The summed E-state index contributed by atoms with van der Waals surface area (Å²) in [6.45, 7) is 1.41. The minimum atomic E-state index is -0.621. The molecule has 0 spiro atoms. The molecule has 1 heterocycles. The van der Waals surface area contributed by atoms with Crippen LogP contribution in [-0.4, -0.2) is 36.4 Å². The molecular formula is C26H31FN2O3. The number of likely N-dealkylation sites (tertiary alicyclic amines) is 1. The lowest BCUT2D eigenvalue weighted by Gasteiger charge is -2.45. The van der Waals surface area contributed by atoms with E-state index in [4.69, 9.17) is 10.5 Å². The van der Waals surface area contributed by atoms with Crippen molar-refractivity contribution >= 4 is 11.8 Å². The normalized spacial score (nSPS) is 22.5. The van der Waals surface area contributed by atoms with Gasteiger partial charge in [0.25, 0.3) is 0 Å². The fourth-order valence-corrected chi connectivity index (χ4v) is 5.49. The molecule has 170 valence electrons. The summed E-state index contributed by atoms with van der Waals surface area (Å²) in [4.78, 5) is 27.8. The van der Waals surface area contributed by atoms with E-state index in [9.17, 15) is 14.0 Å². The quantitative estimate of drug-likeness (QED) is 0.704. The maximum absolute atomic E-state index is 13.9. The number of hydrogen-bond donors (Lipinski definition) is 1. The van der Waals surface area contributed by atoms with Gasteiger partial charge in [-0.25, -0.2) is 4.39 Å². The van der Waals surface area contributed by atoms with Crippen molar-refractivity contribution in [3.63, 3.8) is 0 Å². The maximum atomic E-state index is 13.9. The summed E-state index contributed by atoms with van der Waals surface area (Å²) in [7, 11) is 0. The molecule has 0 unspecified atom stereocenters. The lowest BCUT2D eigenvalue weighted by molar-refractivity contribution is -0.143. The number of ether oxygens (including phenoxy) is 1. The number of primary amides is 1. The molecule has 5 nitrogen and oxygen atoms in total. The molecule has 4 rings (SSSR count). The number of para-hydroxylation sites is 1. The van der Waals surface area contributed by atoms with Crippen LogP contribution >= 0.6 is 0 Å². The van der Waals surface area contributed by atoms with Crippen LogP contribution in [0, 0.1) is 11.2 Å². The van der Waals surface area contributed by atoms with Crippen LogP contribution in [0.5, 0.6) is 5.75 Å². The van der Waals surface area contributed by atoms with Crippen molar-refractivity contribution in [2.24, 2.45) is 11.1 Å². The molecule has 0 bridgehead atoms. The van der Waals surface area contributed by atoms with Crippen LogP contribution in [0.2, 0.25) is 0 Å². The SMILES string of the molecule is NC(=O)C[C@]1(COc2ccccc2)CCCN(C(=O)C2(c3ccc(F)cc3)CCCC2)C1. The van der Waals surface area contributed by atoms with E-state index in [2.05, 4.69) is 0 Å². The molecular weight excluding hydrogens is 407 g/mol. The van der Waals surface area contributed by atoms with Gasteiger partial charge in [-0.15, -0.1) is 0 Å². The number of halogens is 1. The van der Waals surface area contributed by atoms with E-state index in [1.54, 1.807) is 12.1 Å². The average Bonchev–Trinajstić information content (AvgIpc) is 3.29. The van der Waals surface area contributed by atoms with E-state index >= 15 is 0 Å². The molecule has 32 heavy (non-hydrogen) atoms. The molecule has 0 radical (unpaired) electrons. The Morgan fingerprint density at radius 3 is 2.31 bits per heavy atom. The molecule has 2 amide bonds. The predicted molar refractivity (Wildman–Crippen MR) is 121 cm³/mol. The highest BCUT2D eigenvalue weighted by Gasteiger charge is 2.48. The first-order valence-corrected chi connectivity index (χ1v) is 11.4.